The number of halogens is 1. The van der Waals surface area contributed by atoms with Crippen molar-refractivity contribution in [3.63, 3.8) is 0 Å². The molecule has 0 radical (unpaired) electrons. The van der Waals surface area contributed by atoms with Crippen LogP contribution in [0.15, 0.2) is 36.4 Å². The minimum Gasteiger partial charge on any atom is -0.506 e. The summed E-state index contributed by atoms with van der Waals surface area (Å²) in [6.07, 6.45) is 0. The van der Waals surface area contributed by atoms with Crippen molar-refractivity contribution >= 4 is 34.7 Å². The summed E-state index contributed by atoms with van der Waals surface area (Å²) in [5.74, 6) is -0.853. The fourth-order valence-electron chi connectivity index (χ4n) is 1.86. The van der Waals surface area contributed by atoms with E-state index in [1.807, 2.05) is 0 Å². The van der Waals surface area contributed by atoms with Crippen LogP contribution in [0.4, 0.5) is 21.9 Å². The Bertz CT molecular complexity index is 765. The van der Waals surface area contributed by atoms with Crippen LogP contribution in [0.25, 0.3) is 0 Å². The fraction of sp³-hybridized carbons (Fsp3) is 0. The van der Waals surface area contributed by atoms with E-state index in [-0.39, 0.29) is 27.8 Å². The molecule has 4 N–H and O–H groups in total. The maximum absolute atomic E-state index is 11.7. The number of nitrogens with zero attached hydrogens (tertiary/aromatic N) is 2. The number of phenolic OH excluding ortho intramolecular Hbond substituents is 2. The molecule has 0 saturated heterocycles. The number of benzene rings is 2. The number of nitro benzene ring substituents is 1. The van der Waals surface area contributed by atoms with Crippen molar-refractivity contribution in [3.05, 3.63) is 51.5 Å². The van der Waals surface area contributed by atoms with Crippen LogP contribution in [0.3, 0.4) is 0 Å². The molecular weight excluding hydrogens is 314 g/mol. The minimum absolute atomic E-state index is 0.0656. The van der Waals surface area contributed by atoms with Gasteiger partial charge in [-0.2, -0.15) is 0 Å². The van der Waals surface area contributed by atoms with Gasteiger partial charge in [0.2, 0.25) is 0 Å². The first kappa shape index (κ1) is 15.4. The number of anilines is 2. The second kappa shape index (κ2) is 5.78. The first-order valence-corrected chi connectivity index (χ1v) is 6.24. The number of urea groups is 1. The van der Waals surface area contributed by atoms with Crippen molar-refractivity contribution in [2.24, 2.45) is 5.73 Å². The van der Waals surface area contributed by atoms with Crippen molar-refractivity contribution in [1.82, 2.24) is 0 Å². The van der Waals surface area contributed by atoms with Crippen LogP contribution in [-0.4, -0.2) is 21.2 Å². The lowest BCUT2D eigenvalue weighted by atomic mass is 10.2. The highest BCUT2D eigenvalue weighted by atomic mass is 35.5. The Hall–Kier alpha value is -3.00. The van der Waals surface area contributed by atoms with Gasteiger partial charge < -0.3 is 15.9 Å². The molecule has 22 heavy (non-hydrogen) atoms. The van der Waals surface area contributed by atoms with Crippen LogP contribution in [0.2, 0.25) is 5.02 Å². The summed E-state index contributed by atoms with van der Waals surface area (Å²) in [4.78, 5) is 22.4. The number of carbonyl (C=O) groups excluding carboxylic acids is 1. The molecule has 2 aromatic carbocycles. The quantitative estimate of drug-likeness (QED) is 0.590. The highest BCUT2D eigenvalue weighted by Gasteiger charge is 2.23. The smallest absolute Gasteiger partial charge is 0.324 e. The Balaban J connectivity index is 2.61. The van der Waals surface area contributed by atoms with Crippen molar-refractivity contribution in [1.29, 1.82) is 0 Å². The van der Waals surface area contributed by atoms with E-state index in [2.05, 4.69) is 0 Å². The number of amides is 2. The predicted molar refractivity (Wildman–Crippen MR) is 79.6 cm³/mol. The normalized spacial score (nSPS) is 10.2. The lowest BCUT2D eigenvalue weighted by Gasteiger charge is -2.22. The van der Waals surface area contributed by atoms with E-state index in [4.69, 9.17) is 17.3 Å². The average Bonchev–Trinajstić information content (AvgIpc) is 2.44. The van der Waals surface area contributed by atoms with Gasteiger partial charge in [0.1, 0.15) is 11.5 Å². The molecule has 0 aliphatic rings. The highest BCUT2D eigenvalue weighted by molar-refractivity contribution is 6.31. The average molecular weight is 324 g/mol. The predicted octanol–water partition coefficient (Wildman–Crippen LogP) is 2.88. The maximum atomic E-state index is 11.7. The molecule has 0 unspecified atom stereocenters. The molecule has 0 spiro atoms. The molecule has 0 bridgehead atoms. The molecule has 0 heterocycles. The van der Waals surface area contributed by atoms with Gasteiger partial charge in [0.15, 0.2) is 0 Å². The molecular formula is C13H10ClN3O5. The zero-order valence-electron chi connectivity index (χ0n) is 10.9. The number of non-ortho nitro benzene ring substituents is 1. The number of nitrogens with two attached hydrogens (primary N) is 1. The molecule has 0 aliphatic heterocycles. The molecule has 0 saturated carbocycles. The first-order chi connectivity index (χ1) is 10.3. The van der Waals surface area contributed by atoms with E-state index < -0.39 is 16.7 Å². The van der Waals surface area contributed by atoms with Gasteiger partial charge >= 0.3 is 6.03 Å². The molecule has 2 aromatic rings. The van der Waals surface area contributed by atoms with Crippen molar-refractivity contribution in [3.8, 4) is 11.5 Å². The van der Waals surface area contributed by atoms with Crippen molar-refractivity contribution in [2.75, 3.05) is 4.90 Å². The molecule has 0 atom stereocenters. The summed E-state index contributed by atoms with van der Waals surface area (Å²) in [5.41, 5.74) is 4.72. The number of carbonyl (C=O) groups is 1. The zero-order valence-corrected chi connectivity index (χ0v) is 11.7. The first-order valence-electron chi connectivity index (χ1n) is 5.86. The van der Waals surface area contributed by atoms with E-state index in [1.165, 1.54) is 18.2 Å². The SMILES string of the molecule is NC(=O)N(c1ccc([N+](=O)[O-])cc1O)c1cc(Cl)ccc1O. The molecule has 2 amide bonds. The number of primary amides is 1. The molecule has 8 nitrogen and oxygen atoms in total. The molecule has 0 fully saturated rings. The Morgan fingerprint density at radius 2 is 1.82 bits per heavy atom. The number of aromatic hydroxyl groups is 2. The number of rotatable bonds is 3. The van der Waals surface area contributed by atoms with Gasteiger partial charge in [-0.05, 0) is 24.3 Å². The van der Waals surface area contributed by atoms with Gasteiger partial charge in [-0.1, -0.05) is 11.6 Å². The van der Waals surface area contributed by atoms with Crippen LogP contribution >= 0.6 is 11.6 Å². The van der Waals surface area contributed by atoms with Gasteiger partial charge in [-0.3, -0.25) is 15.0 Å². The summed E-state index contributed by atoms with van der Waals surface area (Å²) >= 11 is 5.82. The Kier molecular flexibility index (Phi) is 4.04. The minimum atomic E-state index is -1.01. The zero-order chi connectivity index (χ0) is 16.4. The van der Waals surface area contributed by atoms with Crippen LogP contribution in [0.5, 0.6) is 11.5 Å². The van der Waals surface area contributed by atoms with Gasteiger partial charge in [-0.25, -0.2) is 4.79 Å². The summed E-state index contributed by atoms with van der Waals surface area (Å²) in [6, 6.07) is 5.99. The standard InChI is InChI=1S/C13H10ClN3O5/c14-7-1-4-11(18)10(5-7)16(13(15)20)9-3-2-8(17(21)22)6-12(9)19/h1-6,18-19H,(H2,15,20). The van der Waals surface area contributed by atoms with Crippen molar-refractivity contribution < 1.29 is 19.9 Å². The highest BCUT2D eigenvalue weighted by Crippen LogP contribution is 2.40. The van der Waals surface area contributed by atoms with Crippen LogP contribution in [-0.2, 0) is 0 Å². The number of hydrogen-bond acceptors (Lipinski definition) is 5. The maximum Gasteiger partial charge on any atom is 0.324 e. The monoisotopic (exact) mass is 323 g/mol. The number of hydrogen-bond donors (Lipinski definition) is 3. The van der Waals surface area contributed by atoms with Gasteiger partial charge in [0.25, 0.3) is 5.69 Å². The van der Waals surface area contributed by atoms with Crippen LogP contribution < -0.4 is 10.6 Å². The fourth-order valence-corrected chi connectivity index (χ4v) is 2.02. The summed E-state index contributed by atoms with van der Waals surface area (Å²) in [5, 5.41) is 30.7. The number of phenols is 2. The van der Waals surface area contributed by atoms with E-state index in [0.29, 0.717) is 0 Å². The topological polar surface area (TPSA) is 130 Å². The van der Waals surface area contributed by atoms with Crippen LogP contribution in [0, 0.1) is 10.1 Å². The summed E-state index contributed by atoms with van der Waals surface area (Å²) < 4.78 is 0. The molecule has 0 aliphatic carbocycles. The summed E-state index contributed by atoms with van der Waals surface area (Å²) in [7, 11) is 0. The second-order valence-electron chi connectivity index (χ2n) is 4.24. The van der Waals surface area contributed by atoms with E-state index in [1.54, 1.807) is 0 Å². The Labute approximate surface area is 129 Å². The molecule has 0 aromatic heterocycles. The lowest BCUT2D eigenvalue weighted by Crippen LogP contribution is -2.31. The Morgan fingerprint density at radius 3 is 2.36 bits per heavy atom. The van der Waals surface area contributed by atoms with Gasteiger partial charge in [0.05, 0.1) is 22.4 Å². The summed E-state index contributed by atoms with van der Waals surface area (Å²) in [6.45, 7) is 0. The van der Waals surface area contributed by atoms with Crippen molar-refractivity contribution in [2.45, 2.75) is 0 Å². The van der Waals surface area contributed by atoms with Gasteiger partial charge in [0, 0.05) is 11.1 Å². The van der Waals surface area contributed by atoms with E-state index in [0.717, 1.165) is 23.1 Å². The lowest BCUT2D eigenvalue weighted by molar-refractivity contribution is -0.384. The third-order valence-corrected chi connectivity index (χ3v) is 3.04. The third kappa shape index (κ3) is 2.86. The molecule has 9 heteroatoms. The van der Waals surface area contributed by atoms with Crippen LogP contribution in [0.1, 0.15) is 0 Å². The third-order valence-electron chi connectivity index (χ3n) is 2.81. The van der Waals surface area contributed by atoms with Gasteiger partial charge in [-0.15, -0.1) is 0 Å². The Morgan fingerprint density at radius 1 is 1.14 bits per heavy atom. The van der Waals surface area contributed by atoms with E-state index in [9.17, 15) is 25.1 Å². The molecule has 114 valence electrons. The van der Waals surface area contributed by atoms with E-state index >= 15 is 0 Å². The number of nitro groups is 1. The largest absolute Gasteiger partial charge is 0.506 e. The second-order valence-corrected chi connectivity index (χ2v) is 4.67. The molecule has 2 rings (SSSR count).